The number of hydrogen-bond donors (Lipinski definition) is 2. The highest BCUT2D eigenvalue weighted by Crippen LogP contribution is 2.34. The van der Waals surface area contributed by atoms with Crippen molar-refractivity contribution in [3.63, 3.8) is 0 Å². The second kappa shape index (κ2) is 8.28. The lowest BCUT2D eigenvalue weighted by atomic mass is 9.87. The van der Waals surface area contributed by atoms with Gasteiger partial charge in [0.15, 0.2) is 5.72 Å². The lowest BCUT2D eigenvalue weighted by Gasteiger charge is -2.38. The number of likely N-dealkylation sites (tertiary alicyclic amines) is 1. The van der Waals surface area contributed by atoms with E-state index < -0.39 is 5.72 Å². The number of hydrogen-bond acceptors (Lipinski definition) is 4. The first kappa shape index (κ1) is 20.7. The zero-order valence-electron chi connectivity index (χ0n) is 17.8. The van der Waals surface area contributed by atoms with Gasteiger partial charge >= 0.3 is 0 Å². The fourth-order valence-electron chi connectivity index (χ4n) is 4.70. The van der Waals surface area contributed by atoms with Gasteiger partial charge in [0, 0.05) is 31.8 Å². The van der Waals surface area contributed by atoms with Crippen LogP contribution in [0.3, 0.4) is 0 Å². The second-order valence-electron chi connectivity index (χ2n) is 9.14. The Bertz CT molecular complexity index is 847. The number of rotatable bonds is 3. The minimum Gasteiger partial charge on any atom is -0.467 e. The zero-order chi connectivity index (χ0) is 21.3. The van der Waals surface area contributed by atoms with Gasteiger partial charge in [-0.25, -0.2) is 0 Å². The van der Waals surface area contributed by atoms with Gasteiger partial charge in [0.2, 0.25) is 11.8 Å². The molecule has 1 saturated heterocycles. The molecule has 0 radical (unpaired) electrons. The van der Waals surface area contributed by atoms with Crippen molar-refractivity contribution in [1.29, 1.82) is 0 Å². The van der Waals surface area contributed by atoms with E-state index in [-0.39, 0.29) is 36.7 Å². The van der Waals surface area contributed by atoms with Crippen LogP contribution < -0.4 is 15.4 Å². The number of aryl methyl sites for hydroxylation is 1. The van der Waals surface area contributed by atoms with Crippen LogP contribution in [-0.2, 0) is 9.59 Å². The maximum absolute atomic E-state index is 12.7. The molecule has 2 fully saturated rings. The van der Waals surface area contributed by atoms with Crippen LogP contribution in [0.4, 0.5) is 0 Å². The predicted molar refractivity (Wildman–Crippen MR) is 112 cm³/mol. The number of nitrogens with one attached hydrogen (secondary N) is 2. The van der Waals surface area contributed by atoms with E-state index >= 15 is 0 Å². The molecule has 2 aliphatic heterocycles. The first-order chi connectivity index (χ1) is 14.3. The molecule has 7 heteroatoms. The number of amides is 3. The van der Waals surface area contributed by atoms with E-state index in [9.17, 15) is 14.4 Å². The molecule has 0 unspecified atom stereocenters. The van der Waals surface area contributed by atoms with Crippen molar-refractivity contribution >= 4 is 17.7 Å². The maximum Gasteiger partial charge on any atom is 0.258 e. The van der Waals surface area contributed by atoms with Crippen molar-refractivity contribution in [2.75, 3.05) is 13.1 Å². The molecule has 1 aromatic carbocycles. The molecular weight excluding hydrogens is 382 g/mol. The minimum atomic E-state index is -0.903. The summed E-state index contributed by atoms with van der Waals surface area (Å²) in [5, 5.41) is 6.07. The average Bonchev–Trinajstić information content (AvgIpc) is 2.85. The van der Waals surface area contributed by atoms with E-state index in [1.54, 1.807) is 4.90 Å². The van der Waals surface area contributed by atoms with Gasteiger partial charge in [-0.1, -0.05) is 18.6 Å². The molecule has 4 rings (SSSR count). The molecule has 1 spiro atoms. The smallest absolute Gasteiger partial charge is 0.258 e. The van der Waals surface area contributed by atoms with E-state index in [1.807, 2.05) is 25.1 Å². The third-order valence-corrected chi connectivity index (χ3v) is 6.62. The molecule has 1 aromatic rings. The van der Waals surface area contributed by atoms with E-state index in [0.717, 1.165) is 37.2 Å². The molecule has 3 aliphatic rings. The number of ether oxygens (including phenoxy) is 1. The van der Waals surface area contributed by atoms with Gasteiger partial charge in [0.05, 0.1) is 12.1 Å². The quantitative estimate of drug-likeness (QED) is 0.797. The monoisotopic (exact) mass is 413 g/mol. The summed E-state index contributed by atoms with van der Waals surface area (Å²) in [5.41, 5.74) is 0.609. The first-order valence-electron chi connectivity index (χ1n) is 11.0. The summed E-state index contributed by atoms with van der Waals surface area (Å²) in [6.07, 6.45) is 5.35. The van der Waals surface area contributed by atoms with Crippen molar-refractivity contribution in [2.45, 2.75) is 70.6 Å². The SMILES string of the molecule is Cc1ccc2c(c1)C(=O)N[C@@]1(CCC(=O)N(CC(=O)NC3CCC(C)CC3)CC1)O2. The van der Waals surface area contributed by atoms with Crippen LogP contribution in [0, 0.1) is 12.8 Å². The summed E-state index contributed by atoms with van der Waals surface area (Å²) in [6.45, 7) is 4.61. The summed E-state index contributed by atoms with van der Waals surface area (Å²) in [7, 11) is 0. The Morgan fingerprint density at radius 1 is 1.23 bits per heavy atom. The van der Waals surface area contributed by atoms with Crippen LogP contribution in [-0.4, -0.2) is 47.5 Å². The van der Waals surface area contributed by atoms with Crippen molar-refractivity contribution in [3.05, 3.63) is 29.3 Å². The van der Waals surface area contributed by atoms with Crippen LogP contribution in [0.2, 0.25) is 0 Å². The minimum absolute atomic E-state index is 0.0602. The summed E-state index contributed by atoms with van der Waals surface area (Å²) in [4.78, 5) is 39.4. The van der Waals surface area contributed by atoms with Crippen LogP contribution >= 0.6 is 0 Å². The van der Waals surface area contributed by atoms with E-state index in [2.05, 4.69) is 17.6 Å². The Kier molecular flexibility index (Phi) is 5.71. The van der Waals surface area contributed by atoms with E-state index in [1.165, 1.54) is 0 Å². The number of carbonyl (C=O) groups is 3. The number of carbonyl (C=O) groups excluding carboxylic acids is 3. The van der Waals surface area contributed by atoms with Gasteiger partial charge in [-0.05, 0) is 50.7 Å². The Hall–Kier alpha value is -2.57. The number of benzene rings is 1. The lowest BCUT2D eigenvalue weighted by molar-refractivity contribution is -0.135. The van der Waals surface area contributed by atoms with Crippen LogP contribution in [0.15, 0.2) is 18.2 Å². The Labute approximate surface area is 177 Å². The number of fused-ring (bicyclic) bond motifs is 1. The second-order valence-corrected chi connectivity index (χ2v) is 9.14. The van der Waals surface area contributed by atoms with Crippen LogP contribution in [0.1, 0.15) is 67.8 Å². The third-order valence-electron chi connectivity index (χ3n) is 6.62. The molecule has 1 saturated carbocycles. The molecular formula is C23H31N3O4. The Morgan fingerprint density at radius 3 is 2.77 bits per heavy atom. The topological polar surface area (TPSA) is 87.7 Å². The van der Waals surface area contributed by atoms with Crippen molar-refractivity contribution < 1.29 is 19.1 Å². The molecule has 3 amide bonds. The van der Waals surface area contributed by atoms with Crippen LogP contribution in [0.25, 0.3) is 0 Å². The predicted octanol–water partition coefficient (Wildman–Crippen LogP) is 2.52. The molecule has 1 aliphatic carbocycles. The molecule has 2 heterocycles. The van der Waals surface area contributed by atoms with E-state index in [0.29, 0.717) is 30.7 Å². The summed E-state index contributed by atoms with van der Waals surface area (Å²) < 4.78 is 6.19. The lowest BCUT2D eigenvalue weighted by Crippen LogP contribution is -2.56. The molecule has 7 nitrogen and oxygen atoms in total. The highest BCUT2D eigenvalue weighted by atomic mass is 16.5. The van der Waals surface area contributed by atoms with Gasteiger partial charge in [-0.2, -0.15) is 0 Å². The highest BCUT2D eigenvalue weighted by molar-refractivity contribution is 5.98. The highest BCUT2D eigenvalue weighted by Gasteiger charge is 2.42. The van der Waals surface area contributed by atoms with Gasteiger partial charge in [-0.15, -0.1) is 0 Å². The third kappa shape index (κ3) is 4.45. The maximum atomic E-state index is 12.7. The molecule has 30 heavy (non-hydrogen) atoms. The standard InChI is InChI=1S/C23H31N3O4/c1-15-3-6-17(7-4-15)24-20(27)14-26-12-11-23(10-9-21(26)28)25-22(29)18-13-16(2)5-8-19(18)30-23/h5,8,13,15,17H,3-4,6-7,9-12,14H2,1-2H3,(H,24,27)(H,25,29)/t15?,17?,23-/m0/s1. The summed E-state index contributed by atoms with van der Waals surface area (Å²) in [6, 6.07) is 5.74. The summed E-state index contributed by atoms with van der Waals surface area (Å²) >= 11 is 0. The first-order valence-corrected chi connectivity index (χ1v) is 11.0. The molecule has 1 atom stereocenters. The molecule has 2 N–H and O–H groups in total. The average molecular weight is 414 g/mol. The largest absolute Gasteiger partial charge is 0.467 e. The molecule has 162 valence electrons. The van der Waals surface area contributed by atoms with Gasteiger partial charge in [0.1, 0.15) is 5.75 Å². The van der Waals surface area contributed by atoms with Gasteiger partial charge in [0.25, 0.3) is 5.91 Å². The molecule has 0 bridgehead atoms. The van der Waals surface area contributed by atoms with Gasteiger partial charge in [-0.3, -0.25) is 14.4 Å². The van der Waals surface area contributed by atoms with Crippen molar-refractivity contribution in [3.8, 4) is 5.75 Å². The fraction of sp³-hybridized carbons (Fsp3) is 0.609. The zero-order valence-corrected chi connectivity index (χ0v) is 17.8. The molecule has 0 aromatic heterocycles. The summed E-state index contributed by atoms with van der Waals surface area (Å²) in [5.74, 6) is 0.918. The Balaban J connectivity index is 1.38. The Morgan fingerprint density at radius 2 is 2.00 bits per heavy atom. The fourth-order valence-corrected chi connectivity index (χ4v) is 4.70. The number of nitrogens with zero attached hydrogens (tertiary/aromatic N) is 1. The van der Waals surface area contributed by atoms with E-state index in [4.69, 9.17) is 4.74 Å². The normalized spacial score (nSPS) is 28.9. The van der Waals surface area contributed by atoms with Crippen LogP contribution in [0.5, 0.6) is 5.75 Å². The van der Waals surface area contributed by atoms with Crippen molar-refractivity contribution in [2.24, 2.45) is 5.92 Å². The van der Waals surface area contributed by atoms with Crippen molar-refractivity contribution in [1.82, 2.24) is 15.5 Å². The van der Waals surface area contributed by atoms with Gasteiger partial charge < -0.3 is 20.3 Å².